The molecule has 0 fully saturated rings. The monoisotopic (exact) mass is 398 g/mol. The zero-order valence-corrected chi connectivity index (χ0v) is 15.3. The molecule has 1 heterocycles. The molecule has 0 saturated heterocycles. The summed E-state index contributed by atoms with van der Waals surface area (Å²) >= 11 is 0. The standard InChI is InChI=1S/C17H17F3N4O2S/c1-24-15(21)10-7-6-9(8-12(10)23-16(24)22)14-11(17(18,19)20)4-3-5-13(14)27(2,25)26/h3-8,15H,21H2,1-2H3,(H2,22,23). The van der Waals surface area contributed by atoms with Gasteiger partial charge in [-0.2, -0.15) is 13.2 Å². The first kappa shape index (κ1) is 19.2. The third-order valence-electron chi connectivity index (χ3n) is 4.38. The number of nitrogens with two attached hydrogens (primary N) is 2. The summed E-state index contributed by atoms with van der Waals surface area (Å²) in [6, 6.07) is 7.37. The van der Waals surface area contributed by atoms with E-state index >= 15 is 0 Å². The van der Waals surface area contributed by atoms with Gasteiger partial charge in [0.15, 0.2) is 15.8 Å². The normalized spacial score (nSPS) is 17.5. The Morgan fingerprint density at radius 2 is 1.85 bits per heavy atom. The van der Waals surface area contributed by atoms with Crippen LogP contribution in [0.2, 0.25) is 0 Å². The van der Waals surface area contributed by atoms with Crippen LogP contribution >= 0.6 is 0 Å². The summed E-state index contributed by atoms with van der Waals surface area (Å²) in [4.78, 5) is 5.27. The minimum Gasteiger partial charge on any atom is -0.369 e. The van der Waals surface area contributed by atoms with Gasteiger partial charge in [0.1, 0.15) is 6.17 Å². The highest BCUT2D eigenvalue weighted by Crippen LogP contribution is 2.42. The molecule has 4 N–H and O–H groups in total. The van der Waals surface area contributed by atoms with Crippen molar-refractivity contribution >= 4 is 21.5 Å². The van der Waals surface area contributed by atoms with Gasteiger partial charge in [-0.05, 0) is 23.8 Å². The van der Waals surface area contributed by atoms with E-state index in [1.165, 1.54) is 23.1 Å². The van der Waals surface area contributed by atoms with Crippen LogP contribution in [0.25, 0.3) is 11.1 Å². The Kier molecular flexibility index (Phi) is 4.43. The van der Waals surface area contributed by atoms with Crippen LogP contribution < -0.4 is 11.5 Å². The molecule has 0 aromatic heterocycles. The summed E-state index contributed by atoms with van der Waals surface area (Å²) in [5.41, 5.74) is 11.3. The van der Waals surface area contributed by atoms with Gasteiger partial charge in [-0.15, -0.1) is 0 Å². The minimum atomic E-state index is -4.73. The van der Waals surface area contributed by atoms with Crippen molar-refractivity contribution in [2.45, 2.75) is 17.2 Å². The van der Waals surface area contributed by atoms with Gasteiger partial charge in [0, 0.05) is 24.4 Å². The van der Waals surface area contributed by atoms with Crippen molar-refractivity contribution in [2.75, 3.05) is 13.3 Å². The van der Waals surface area contributed by atoms with E-state index in [1.807, 2.05) is 0 Å². The smallest absolute Gasteiger partial charge is 0.369 e. The molecule has 0 bridgehead atoms. The van der Waals surface area contributed by atoms with Gasteiger partial charge in [-0.3, -0.25) is 0 Å². The van der Waals surface area contributed by atoms with E-state index in [9.17, 15) is 21.6 Å². The quantitative estimate of drug-likeness (QED) is 0.810. The zero-order valence-electron chi connectivity index (χ0n) is 14.4. The molecule has 6 nitrogen and oxygen atoms in total. The first-order valence-corrected chi connectivity index (χ1v) is 9.67. The molecule has 2 aromatic carbocycles. The van der Waals surface area contributed by atoms with Crippen LogP contribution in [0.1, 0.15) is 17.3 Å². The molecular weight excluding hydrogens is 381 g/mol. The average Bonchev–Trinajstić information content (AvgIpc) is 2.57. The van der Waals surface area contributed by atoms with Crippen LogP contribution in [0, 0.1) is 0 Å². The summed E-state index contributed by atoms with van der Waals surface area (Å²) in [6.45, 7) is 0. The largest absolute Gasteiger partial charge is 0.417 e. The van der Waals surface area contributed by atoms with Crippen LogP contribution in [-0.4, -0.2) is 32.6 Å². The van der Waals surface area contributed by atoms with Crippen molar-refractivity contribution in [3.8, 4) is 11.1 Å². The highest BCUT2D eigenvalue weighted by molar-refractivity contribution is 7.90. The molecule has 1 aliphatic heterocycles. The third kappa shape index (κ3) is 3.37. The fraction of sp³-hybridized carbons (Fsp3) is 0.235. The van der Waals surface area contributed by atoms with Crippen LogP contribution in [0.4, 0.5) is 18.9 Å². The molecular formula is C17H17F3N4O2S. The molecule has 1 aliphatic rings. The number of sulfone groups is 1. The fourth-order valence-corrected chi connectivity index (χ4v) is 3.90. The number of nitrogens with zero attached hydrogens (tertiary/aromatic N) is 2. The van der Waals surface area contributed by atoms with Crippen molar-refractivity contribution in [3.63, 3.8) is 0 Å². The molecule has 0 saturated carbocycles. The average molecular weight is 398 g/mol. The molecule has 0 aliphatic carbocycles. The van der Waals surface area contributed by atoms with Gasteiger partial charge in [-0.25, -0.2) is 13.4 Å². The number of halogens is 3. The predicted molar refractivity (Wildman–Crippen MR) is 96.0 cm³/mol. The van der Waals surface area contributed by atoms with Gasteiger partial charge in [0.25, 0.3) is 0 Å². The fourth-order valence-electron chi connectivity index (χ4n) is 2.97. The second-order valence-electron chi connectivity index (χ2n) is 6.25. The van der Waals surface area contributed by atoms with E-state index in [0.717, 1.165) is 24.5 Å². The van der Waals surface area contributed by atoms with Crippen molar-refractivity contribution < 1.29 is 21.6 Å². The van der Waals surface area contributed by atoms with E-state index in [1.54, 1.807) is 7.05 Å². The van der Waals surface area contributed by atoms with Gasteiger partial charge < -0.3 is 16.4 Å². The summed E-state index contributed by atoms with van der Waals surface area (Å²) < 4.78 is 64.8. The second kappa shape index (κ2) is 6.24. The Bertz CT molecular complexity index is 1050. The first-order chi connectivity index (χ1) is 12.4. The molecule has 10 heteroatoms. The number of hydrogen-bond acceptors (Lipinski definition) is 6. The highest BCUT2D eigenvalue weighted by atomic mass is 32.2. The van der Waals surface area contributed by atoms with Gasteiger partial charge in [-0.1, -0.05) is 18.2 Å². The number of benzene rings is 2. The Hall–Kier alpha value is -2.59. The molecule has 1 atom stereocenters. The SMILES string of the molecule is CN1C(N)=Nc2cc(-c3c(C(F)(F)F)cccc3S(C)(=O)=O)ccc2C1N. The van der Waals surface area contributed by atoms with Gasteiger partial charge >= 0.3 is 6.18 Å². The van der Waals surface area contributed by atoms with Crippen LogP contribution in [0.3, 0.4) is 0 Å². The Balaban J connectivity index is 2.32. The zero-order chi connectivity index (χ0) is 20.1. The summed E-state index contributed by atoms with van der Waals surface area (Å²) in [7, 11) is -2.27. The number of fused-ring (bicyclic) bond motifs is 1. The molecule has 0 amide bonds. The van der Waals surface area contributed by atoms with Crippen molar-refractivity contribution in [3.05, 3.63) is 47.5 Å². The van der Waals surface area contributed by atoms with Gasteiger partial charge in [0.05, 0.1) is 16.1 Å². The molecule has 2 aromatic rings. The predicted octanol–water partition coefficient (Wildman–Crippen LogP) is 2.62. The lowest BCUT2D eigenvalue weighted by atomic mass is 9.96. The third-order valence-corrected chi connectivity index (χ3v) is 5.52. The lowest BCUT2D eigenvalue weighted by Gasteiger charge is -2.31. The highest BCUT2D eigenvalue weighted by Gasteiger charge is 2.36. The first-order valence-electron chi connectivity index (χ1n) is 7.78. The Labute approximate surface area is 154 Å². The van der Waals surface area contributed by atoms with E-state index in [-0.39, 0.29) is 11.5 Å². The Morgan fingerprint density at radius 1 is 1.19 bits per heavy atom. The van der Waals surface area contributed by atoms with Gasteiger partial charge in [0.2, 0.25) is 0 Å². The molecule has 3 rings (SSSR count). The second-order valence-corrected chi connectivity index (χ2v) is 8.23. The molecule has 0 radical (unpaired) electrons. The maximum Gasteiger partial charge on any atom is 0.417 e. The lowest BCUT2D eigenvalue weighted by molar-refractivity contribution is -0.137. The van der Waals surface area contributed by atoms with Crippen LogP contribution in [-0.2, 0) is 16.0 Å². The maximum atomic E-state index is 13.5. The number of hydrogen-bond donors (Lipinski definition) is 2. The van der Waals surface area contributed by atoms with E-state index in [2.05, 4.69) is 4.99 Å². The molecule has 144 valence electrons. The Morgan fingerprint density at radius 3 is 2.44 bits per heavy atom. The lowest BCUT2D eigenvalue weighted by Crippen LogP contribution is -2.42. The number of alkyl halides is 3. The van der Waals surface area contributed by atoms with Crippen LogP contribution in [0.15, 0.2) is 46.3 Å². The van der Waals surface area contributed by atoms with E-state index in [4.69, 9.17) is 11.5 Å². The minimum absolute atomic E-state index is 0.0652. The van der Waals surface area contributed by atoms with Crippen molar-refractivity contribution in [1.82, 2.24) is 4.90 Å². The number of guanidine groups is 1. The summed E-state index contributed by atoms with van der Waals surface area (Å²) in [6.07, 6.45) is -4.48. The maximum absolute atomic E-state index is 13.5. The molecule has 0 spiro atoms. The number of aliphatic imine (C=N–C) groups is 1. The van der Waals surface area contributed by atoms with E-state index in [0.29, 0.717) is 11.3 Å². The molecule has 27 heavy (non-hydrogen) atoms. The topological polar surface area (TPSA) is 102 Å². The summed E-state index contributed by atoms with van der Waals surface area (Å²) in [5.74, 6) is 0.111. The van der Waals surface area contributed by atoms with Crippen molar-refractivity contribution in [2.24, 2.45) is 16.5 Å². The summed E-state index contributed by atoms with van der Waals surface area (Å²) in [5, 5.41) is 0. The van der Waals surface area contributed by atoms with Crippen LogP contribution in [0.5, 0.6) is 0 Å². The van der Waals surface area contributed by atoms with Crippen molar-refractivity contribution in [1.29, 1.82) is 0 Å². The molecule has 1 unspecified atom stereocenters. The number of rotatable bonds is 2. The van der Waals surface area contributed by atoms with E-state index < -0.39 is 38.2 Å².